The van der Waals surface area contributed by atoms with Gasteiger partial charge in [-0.15, -0.1) is 0 Å². The molecule has 0 amide bonds. The van der Waals surface area contributed by atoms with Crippen molar-refractivity contribution in [1.29, 1.82) is 0 Å². The van der Waals surface area contributed by atoms with Crippen LogP contribution in [0.4, 0.5) is 0 Å². The Morgan fingerprint density at radius 3 is 1.38 bits per heavy atom. The van der Waals surface area contributed by atoms with Crippen molar-refractivity contribution in [1.82, 2.24) is 5.32 Å². The van der Waals surface area contributed by atoms with E-state index in [-0.39, 0.29) is 6.42 Å². The average molecular weight is 374 g/mol. The highest BCUT2D eigenvalue weighted by atomic mass is 16.5. The molecule has 5 nitrogen and oxygen atoms in total. The molecule has 0 aliphatic heterocycles. The molecule has 0 aromatic rings. The van der Waals surface area contributed by atoms with Gasteiger partial charge in [-0.1, -0.05) is 103 Å². The third-order valence-corrected chi connectivity index (χ3v) is 4.90. The van der Waals surface area contributed by atoms with E-state index in [9.17, 15) is 15.0 Å². The maximum Gasteiger partial charge on any atom is 0.317 e. The monoisotopic (exact) mass is 373 g/mol. The van der Waals surface area contributed by atoms with Crippen molar-refractivity contribution in [2.45, 2.75) is 122 Å². The summed E-state index contributed by atoms with van der Waals surface area (Å²) in [5.41, 5.74) is 0. The quantitative estimate of drug-likeness (QED) is 0.179. The largest absolute Gasteiger partial charge is 0.480 e. The standard InChI is InChI=1S/C21H43NO4/c1-2-3-4-5-6-7-8-9-10-11-12-13-14-15-16-17-18-21(25,26)22-19-20(23)24/h22,25-26H,2-19H2,1H3,(H,23,24). The van der Waals surface area contributed by atoms with Gasteiger partial charge in [-0.3, -0.25) is 10.1 Å². The summed E-state index contributed by atoms with van der Waals surface area (Å²) in [6.45, 7) is 1.82. The first-order valence-electron chi connectivity index (χ1n) is 10.9. The van der Waals surface area contributed by atoms with E-state index in [2.05, 4.69) is 12.2 Å². The Balaban J connectivity index is 3.21. The zero-order valence-electron chi connectivity index (χ0n) is 17.0. The summed E-state index contributed by atoms with van der Waals surface area (Å²) in [5.74, 6) is -3.15. The summed E-state index contributed by atoms with van der Waals surface area (Å²) in [6.07, 6.45) is 20.5. The molecular weight excluding hydrogens is 330 g/mol. The minimum absolute atomic E-state index is 0.165. The molecule has 0 saturated carbocycles. The van der Waals surface area contributed by atoms with Gasteiger partial charge in [-0.25, -0.2) is 0 Å². The summed E-state index contributed by atoms with van der Waals surface area (Å²) in [4.78, 5) is 10.4. The van der Waals surface area contributed by atoms with Gasteiger partial charge in [0.25, 0.3) is 0 Å². The highest BCUT2D eigenvalue weighted by Crippen LogP contribution is 2.15. The fourth-order valence-electron chi connectivity index (χ4n) is 3.23. The van der Waals surface area contributed by atoms with E-state index in [4.69, 9.17) is 5.11 Å². The van der Waals surface area contributed by atoms with E-state index in [0.29, 0.717) is 6.42 Å². The summed E-state index contributed by atoms with van der Waals surface area (Å²) < 4.78 is 0. The van der Waals surface area contributed by atoms with Gasteiger partial charge < -0.3 is 15.3 Å². The third-order valence-electron chi connectivity index (χ3n) is 4.90. The first kappa shape index (κ1) is 25.4. The lowest BCUT2D eigenvalue weighted by molar-refractivity contribution is -0.193. The van der Waals surface area contributed by atoms with E-state index < -0.39 is 18.4 Å². The van der Waals surface area contributed by atoms with Crippen molar-refractivity contribution in [2.75, 3.05) is 6.54 Å². The minimum Gasteiger partial charge on any atom is -0.480 e. The summed E-state index contributed by atoms with van der Waals surface area (Å²) in [7, 11) is 0. The fraction of sp³-hybridized carbons (Fsp3) is 0.952. The Hall–Kier alpha value is -0.650. The molecule has 0 aromatic carbocycles. The van der Waals surface area contributed by atoms with Crippen LogP contribution in [0.1, 0.15) is 116 Å². The number of carboxylic acids is 1. The Morgan fingerprint density at radius 2 is 1.04 bits per heavy atom. The van der Waals surface area contributed by atoms with Crippen LogP contribution >= 0.6 is 0 Å². The predicted octanol–water partition coefficient (Wildman–Crippen LogP) is 4.95. The molecule has 0 aliphatic carbocycles. The molecule has 0 aromatic heterocycles. The lowest BCUT2D eigenvalue weighted by atomic mass is 10.0. The number of carbonyl (C=O) groups is 1. The van der Waals surface area contributed by atoms with Crippen LogP contribution in [-0.4, -0.2) is 33.7 Å². The molecule has 0 atom stereocenters. The van der Waals surface area contributed by atoms with Gasteiger partial charge >= 0.3 is 5.97 Å². The van der Waals surface area contributed by atoms with Crippen molar-refractivity contribution in [3.05, 3.63) is 0 Å². The second kappa shape index (κ2) is 17.7. The molecule has 0 spiro atoms. The molecule has 0 aliphatic rings. The van der Waals surface area contributed by atoms with Crippen molar-refractivity contribution in [3.63, 3.8) is 0 Å². The van der Waals surface area contributed by atoms with Crippen molar-refractivity contribution < 1.29 is 20.1 Å². The molecule has 0 bridgehead atoms. The zero-order chi connectivity index (χ0) is 19.5. The van der Waals surface area contributed by atoms with Gasteiger partial charge in [0.2, 0.25) is 5.91 Å². The maximum atomic E-state index is 10.4. The Labute approximate surface area is 160 Å². The molecule has 0 fully saturated rings. The molecule has 26 heavy (non-hydrogen) atoms. The SMILES string of the molecule is CCCCCCCCCCCCCCCCCCC(O)(O)NCC(=O)O. The number of aliphatic carboxylic acids is 1. The first-order chi connectivity index (χ1) is 12.5. The molecule has 0 heterocycles. The van der Waals surface area contributed by atoms with E-state index in [0.717, 1.165) is 12.8 Å². The molecule has 4 N–H and O–H groups in total. The predicted molar refractivity (Wildman–Crippen MR) is 107 cm³/mol. The first-order valence-corrected chi connectivity index (χ1v) is 10.9. The molecule has 0 unspecified atom stereocenters. The van der Waals surface area contributed by atoms with Crippen LogP contribution in [0, 0.1) is 0 Å². The van der Waals surface area contributed by atoms with Crippen LogP contribution in [0.5, 0.6) is 0 Å². The summed E-state index contributed by atoms with van der Waals surface area (Å²) in [6, 6.07) is 0. The second-order valence-electron chi connectivity index (χ2n) is 7.62. The number of hydrogen-bond donors (Lipinski definition) is 4. The van der Waals surface area contributed by atoms with Crippen LogP contribution < -0.4 is 5.32 Å². The number of carboxylic acid groups (broad SMARTS) is 1. The highest BCUT2D eigenvalue weighted by molar-refractivity contribution is 5.69. The summed E-state index contributed by atoms with van der Waals surface area (Å²) in [5, 5.41) is 29.8. The number of unbranched alkanes of at least 4 members (excludes halogenated alkanes) is 15. The lowest BCUT2D eigenvalue weighted by Gasteiger charge is -2.21. The maximum absolute atomic E-state index is 10.4. The Morgan fingerprint density at radius 1 is 0.692 bits per heavy atom. The second-order valence-corrected chi connectivity index (χ2v) is 7.62. The molecule has 156 valence electrons. The smallest absolute Gasteiger partial charge is 0.317 e. The number of aliphatic hydroxyl groups is 2. The molecule has 0 rings (SSSR count). The van der Waals surface area contributed by atoms with Crippen molar-refractivity contribution in [3.8, 4) is 0 Å². The Kier molecular flexibility index (Phi) is 17.3. The normalized spacial score (nSPS) is 11.8. The van der Waals surface area contributed by atoms with Crippen LogP contribution in [0.2, 0.25) is 0 Å². The van der Waals surface area contributed by atoms with Crippen LogP contribution in [0.25, 0.3) is 0 Å². The van der Waals surface area contributed by atoms with Gasteiger partial charge in [-0.2, -0.15) is 0 Å². The van der Waals surface area contributed by atoms with Gasteiger partial charge in [0.15, 0.2) is 0 Å². The van der Waals surface area contributed by atoms with Crippen LogP contribution in [0.3, 0.4) is 0 Å². The number of rotatable bonds is 20. The van der Waals surface area contributed by atoms with Crippen molar-refractivity contribution >= 4 is 5.97 Å². The van der Waals surface area contributed by atoms with Gasteiger partial charge in [0, 0.05) is 6.42 Å². The van der Waals surface area contributed by atoms with E-state index in [1.807, 2.05) is 0 Å². The topological polar surface area (TPSA) is 89.8 Å². The average Bonchev–Trinajstić information content (AvgIpc) is 2.60. The molecule has 0 radical (unpaired) electrons. The number of hydrogen-bond acceptors (Lipinski definition) is 4. The lowest BCUT2D eigenvalue weighted by Crippen LogP contribution is -2.47. The van der Waals surface area contributed by atoms with E-state index in [1.165, 1.54) is 83.5 Å². The van der Waals surface area contributed by atoms with E-state index in [1.54, 1.807) is 0 Å². The van der Waals surface area contributed by atoms with E-state index >= 15 is 0 Å². The summed E-state index contributed by atoms with van der Waals surface area (Å²) >= 11 is 0. The third kappa shape index (κ3) is 19.7. The Bertz CT molecular complexity index is 321. The molecular formula is C21H43NO4. The van der Waals surface area contributed by atoms with Gasteiger partial charge in [-0.05, 0) is 6.42 Å². The zero-order valence-corrected chi connectivity index (χ0v) is 17.0. The highest BCUT2D eigenvalue weighted by Gasteiger charge is 2.22. The van der Waals surface area contributed by atoms with Crippen LogP contribution in [-0.2, 0) is 4.79 Å². The van der Waals surface area contributed by atoms with Crippen molar-refractivity contribution in [2.24, 2.45) is 0 Å². The van der Waals surface area contributed by atoms with Gasteiger partial charge in [0.1, 0.15) is 0 Å². The number of nitrogens with one attached hydrogen (secondary N) is 1. The fourth-order valence-corrected chi connectivity index (χ4v) is 3.23. The molecule has 0 saturated heterocycles. The molecule has 5 heteroatoms. The minimum atomic E-state index is -2.06. The van der Waals surface area contributed by atoms with Gasteiger partial charge in [0.05, 0.1) is 6.54 Å². The van der Waals surface area contributed by atoms with Crippen LogP contribution in [0.15, 0.2) is 0 Å².